The molecular formula is C20H25N5O4. The summed E-state index contributed by atoms with van der Waals surface area (Å²) < 4.78 is 10.3. The lowest BCUT2D eigenvalue weighted by atomic mass is 10.1. The standard InChI is InChI=1S/C20H25N5O4/c1-3-29-20(27)25-10-8-15(9-11-25)23-18(26)14-12-21-19(22-13-14)24-16-6-4-5-7-17(16)28-2/h4-7,12-13,15H,3,8-11H2,1-2H3,(H,23,26)(H,21,22,24). The highest BCUT2D eigenvalue weighted by Crippen LogP contribution is 2.25. The molecular weight excluding hydrogens is 374 g/mol. The van der Waals surface area contributed by atoms with Gasteiger partial charge in [0.1, 0.15) is 5.75 Å². The Bertz CT molecular complexity index is 835. The number of rotatable bonds is 6. The molecule has 3 rings (SSSR count). The van der Waals surface area contributed by atoms with Gasteiger partial charge in [-0.1, -0.05) is 12.1 Å². The van der Waals surface area contributed by atoms with E-state index < -0.39 is 0 Å². The van der Waals surface area contributed by atoms with Gasteiger partial charge in [0.2, 0.25) is 5.95 Å². The molecule has 1 fully saturated rings. The minimum atomic E-state index is -0.302. The third-order valence-electron chi connectivity index (χ3n) is 4.62. The molecule has 9 heteroatoms. The van der Waals surface area contributed by atoms with Crippen molar-refractivity contribution in [2.45, 2.75) is 25.8 Å². The lowest BCUT2D eigenvalue weighted by molar-refractivity contribution is 0.0859. The molecule has 0 atom stereocenters. The molecule has 0 bridgehead atoms. The van der Waals surface area contributed by atoms with Gasteiger partial charge in [0.15, 0.2) is 0 Å². The number of amides is 2. The molecule has 9 nitrogen and oxygen atoms in total. The number of ether oxygens (including phenoxy) is 2. The second kappa shape index (κ2) is 9.72. The molecule has 29 heavy (non-hydrogen) atoms. The van der Waals surface area contributed by atoms with Crippen LogP contribution in [0.5, 0.6) is 5.75 Å². The number of likely N-dealkylation sites (tertiary alicyclic amines) is 1. The van der Waals surface area contributed by atoms with Crippen LogP contribution in [0.3, 0.4) is 0 Å². The molecule has 2 heterocycles. The van der Waals surface area contributed by atoms with Crippen molar-refractivity contribution in [2.75, 3.05) is 32.1 Å². The molecule has 1 aromatic heterocycles. The molecule has 1 aliphatic rings. The van der Waals surface area contributed by atoms with Crippen LogP contribution in [0.2, 0.25) is 0 Å². The van der Waals surface area contributed by atoms with Gasteiger partial charge in [-0.3, -0.25) is 4.79 Å². The predicted molar refractivity (Wildman–Crippen MR) is 107 cm³/mol. The van der Waals surface area contributed by atoms with Crippen molar-refractivity contribution >= 4 is 23.6 Å². The minimum Gasteiger partial charge on any atom is -0.495 e. The SMILES string of the molecule is CCOC(=O)N1CCC(NC(=O)c2cnc(Nc3ccccc3OC)nc2)CC1. The van der Waals surface area contributed by atoms with Crippen LogP contribution in [-0.2, 0) is 4.74 Å². The van der Waals surface area contributed by atoms with Crippen molar-refractivity contribution < 1.29 is 19.1 Å². The molecule has 1 aromatic carbocycles. The summed E-state index contributed by atoms with van der Waals surface area (Å²) in [5.74, 6) is 0.810. The first kappa shape index (κ1) is 20.4. The number of carbonyl (C=O) groups is 2. The molecule has 0 spiro atoms. The van der Waals surface area contributed by atoms with Gasteiger partial charge in [-0.15, -0.1) is 0 Å². The van der Waals surface area contributed by atoms with Crippen molar-refractivity contribution in [3.63, 3.8) is 0 Å². The first-order valence-electron chi connectivity index (χ1n) is 9.55. The largest absolute Gasteiger partial charge is 0.495 e. The van der Waals surface area contributed by atoms with Gasteiger partial charge in [0, 0.05) is 31.5 Å². The number of benzene rings is 1. The van der Waals surface area contributed by atoms with Gasteiger partial charge in [-0.2, -0.15) is 0 Å². The molecule has 0 radical (unpaired) electrons. The summed E-state index contributed by atoms with van der Waals surface area (Å²) >= 11 is 0. The maximum Gasteiger partial charge on any atom is 0.409 e. The zero-order chi connectivity index (χ0) is 20.6. The molecule has 154 valence electrons. The summed E-state index contributed by atoms with van der Waals surface area (Å²) in [5, 5.41) is 6.04. The summed E-state index contributed by atoms with van der Waals surface area (Å²) in [6, 6.07) is 7.43. The van der Waals surface area contributed by atoms with E-state index in [9.17, 15) is 9.59 Å². The predicted octanol–water partition coefficient (Wildman–Crippen LogP) is 2.58. The molecule has 0 saturated carbocycles. The van der Waals surface area contributed by atoms with Gasteiger partial charge in [-0.25, -0.2) is 14.8 Å². The van der Waals surface area contributed by atoms with Gasteiger partial charge < -0.3 is 25.0 Å². The fraction of sp³-hybridized carbons (Fsp3) is 0.400. The van der Waals surface area contributed by atoms with Crippen molar-refractivity contribution in [1.29, 1.82) is 0 Å². The number of carbonyl (C=O) groups excluding carboxylic acids is 2. The monoisotopic (exact) mass is 399 g/mol. The smallest absolute Gasteiger partial charge is 0.409 e. The molecule has 2 N–H and O–H groups in total. The Morgan fingerprint density at radius 3 is 2.52 bits per heavy atom. The van der Waals surface area contributed by atoms with E-state index in [1.54, 1.807) is 18.9 Å². The number of para-hydroxylation sites is 2. The second-order valence-corrected chi connectivity index (χ2v) is 6.55. The normalized spacial score (nSPS) is 14.2. The van der Waals surface area contributed by atoms with Crippen molar-refractivity contribution in [3.05, 3.63) is 42.2 Å². The van der Waals surface area contributed by atoms with Crippen LogP contribution >= 0.6 is 0 Å². The first-order valence-corrected chi connectivity index (χ1v) is 9.55. The van der Waals surface area contributed by atoms with Gasteiger partial charge in [-0.05, 0) is 31.9 Å². The molecule has 2 amide bonds. The van der Waals surface area contributed by atoms with Gasteiger partial charge >= 0.3 is 6.09 Å². The molecule has 1 aliphatic heterocycles. The maximum atomic E-state index is 12.5. The number of methoxy groups -OCH3 is 1. The average Bonchev–Trinajstić information content (AvgIpc) is 2.75. The van der Waals surface area contributed by atoms with Crippen LogP contribution in [0, 0.1) is 0 Å². The van der Waals surface area contributed by atoms with Crippen LogP contribution in [0.15, 0.2) is 36.7 Å². The van der Waals surface area contributed by atoms with E-state index >= 15 is 0 Å². The van der Waals surface area contributed by atoms with Crippen LogP contribution < -0.4 is 15.4 Å². The van der Waals surface area contributed by atoms with E-state index in [0.717, 1.165) is 5.69 Å². The lowest BCUT2D eigenvalue weighted by Gasteiger charge is -2.31. The van der Waals surface area contributed by atoms with E-state index in [2.05, 4.69) is 20.6 Å². The van der Waals surface area contributed by atoms with Crippen molar-refractivity contribution in [1.82, 2.24) is 20.2 Å². The second-order valence-electron chi connectivity index (χ2n) is 6.55. The van der Waals surface area contributed by atoms with E-state index in [0.29, 0.717) is 49.8 Å². The average molecular weight is 399 g/mol. The highest BCUT2D eigenvalue weighted by Gasteiger charge is 2.25. The molecule has 0 unspecified atom stereocenters. The number of anilines is 2. The van der Waals surface area contributed by atoms with E-state index in [-0.39, 0.29) is 18.0 Å². The maximum absolute atomic E-state index is 12.5. The highest BCUT2D eigenvalue weighted by molar-refractivity contribution is 5.93. The first-order chi connectivity index (χ1) is 14.1. The number of hydrogen-bond donors (Lipinski definition) is 2. The Morgan fingerprint density at radius 2 is 1.86 bits per heavy atom. The minimum absolute atomic E-state index is 0.000409. The highest BCUT2D eigenvalue weighted by atomic mass is 16.6. The van der Waals surface area contributed by atoms with Gasteiger partial charge in [0.25, 0.3) is 5.91 Å². The van der Waals surface area contributed by atoms with E-state index in [1.165, 1.54) is 12.4 Å². The fourth-order valence-corrected chi connectivity index (χ4v) is 3.07. The number of hydrogen-bond acceptors (Lipinski definition) is 7. The van der Waals surface area contributed by atoms with Crippen LogP contribution in [-0.4, -0.2) is 59.7 Å². The summed E-state index contributed by atoms with van der Waals surface area (Å²) in [4.78, 5) is 34.3. The van der Waals surface area contributed by atoms with Crippen LogP contribution in [0.4, 0.5) is 16.4 Å². The Morgan fingerprint density at radius 1 is 1.17 bits per heavy atom. The van der Waals surface area contributed by atoms with Crippen LogP contribution in [0.25, 0.3) is 0 Å². The van der Waals surface area contributed by atoms with Crippen molar-refractivity contribution in [3.8, 4) is 5.75 Å². The zero-order valence-corrected chi connectivity index (χ0v) is 16.6. The van der Waals surface area contributed by atoms with Crippen molar-refractivity contribution in [2.24, 2.45) is 0 Å². The number of nitrogens with one attached hydrogen (secondary N) is 2. The Hall–Kier alpha value is -3.36. The molecule has 2 aromatic rings. The summed E-state index contributed by atoms with van der Waals surface area (Å²) in [6.45, 7) is 3.26. The quantitative estimate of drug-likeness (QED) is 0.769. The third kappa shape index (κ3) is 5.34. The fourth-order valence-electron chi connectivity index (χ4n) is 3.07. The third-order valence-corrected chi connectivity index (χ3v) is 4.62. The Labute approximate surface area is 169 Å². The van der Waals surface area contributed by atoms with E-state index in [1.807, 2.05) is 24.3 Å². The summed E-state index contributed by atoms with van der Waals surface area (Å²) in [5.41, 5.74) is 1.11. The number of nitrogens with zero attached hydrogens (tertiary/aromatic N) is 3. The lowest BCUT2D eigenvalue weighted by Crippen LogP contribution is -2.46. The van der Waals surface area contributed by atoms with E-state index in [4.69, 9.17) is 9.47 Å². The molecule has 0 aliphatic carbocycles. The van der Waals surface area contributed by atoms with Crippen LogP contribution in [0.1, 0.15) is 30.1 Å². The zero-order valence-electron chi connectivity index (χ0n) is 16.6. The summed E-state index contributed by atoms with van der Waals surface area (Å²) in [6.07, 6.45) is 4.02. The summed E-state index contributed by atoms with van der Waals surface area (Å²) in [7, 11) is 1.59. The number of aromatic nitrogens is 2. The Kier molecular flexibility index (Phi) is 6.83. The Balaban J connectivity index is 1.52. The number of piperidine rings is 1. The van der Waals surface area contributed by atoms with Gasteiger partial charge in [0.05, 0.1) is 25.0 Å². The molecule has 1 saturated heterocycles. The topological polar surface area (TPSA) is 106 Å².